The van der Waals surface area contributed by atoms with Crippen molar-refractivity contribution in [1.82, 2.24) is 34.5 Å². The minimum atomic E-state index is -4.58. The molecule has 0 aliphatic carbocycles. The Hall–Kier alpha value is -2.98. The van der Waals surface area contributed by atoms with Crippen molar-refractivity contribution in [3.8, 4) is 34.6 Å². The van der Waals surface area contributed by atoms with Crippen LogP contribution in [0.15, 0.2) is 36.5 Å². The normalized spacial score (nSPS) is 15.6. The number of fused-ring (bicyclic) bond motifs is 3. The van der Waals surface area contributed by atoms with Crippen molar-refractivity contribution in [2.45, 2.75) is 25.7 Å². The lowest BCUT2D eigenvalue weighted by atomic mass is 10.1. The van der Waals surface area contributed by atoms with Crippen molar-refractivity contribution in [1.29, 1.82) is 0 Å². The average molecular weight is 466 g/mol. The van der Waals surface area contributed by atoms with Crippen LogP contribution in [0.25, 0.3) is 34.6 Å². The number of benzene rings is 1. The van der Waals surface area contributed by atoms with Crippen LogP contribution in [-0.4, -0.2) is 34.5 Å². The third kappa shape index (κ3) is 3.17. The molecule has 0 saturated heterocycles. The summed E-state index contributed by atoms with van der Waals surface area (Å²) >= 11 is 12.0. The van der Waals surface area contributed by atoms with Crippen molar-refractivity contribution in [2.24, 2.45) is 0 Å². The van der Waals surface area contributed by atoms with E-state index < -0.39 is 16.8 Å². The van der Waals surface area contributed by atoms with Crippen molar-refractivity contribution < 1.29 is 13.2 Å². The number of pyridine rings is 1. The molecule has 3 aromatic heterocycles. The molecule has 31 heavy (non-hydrogen) atoms. The summed E-state index contributed by atoms with van der Waals surface area (Å²) in [5.41, 5.74) is -0.189. The molecule has 0 amide bonds. The largest absolute Gasteiger partial charge is 0.417 e. The molecule has 0 radical (unpaired) electrons. The number of halogens is 5. The van der Waals surface area contributed by atoms with Gasteiger partial charge in [0, 0.05) is 18.3 Å². The molecule has 158 valence electrons. The lowest BCUT2D eigenvalue weighted by molar-refractivity contribution is -0.137. The van der Waals surface area contributed by atoms with Crippen molar-refractivity contribution in [3.63, 3.8) is 0 Å². The highest BCUT2D eigenvalue weighted by Gasteiger charge is 2.36. The smallest absolute Gasteiger partial charge is 0.301 e. The number of aromatic nitrogens is 7. The maximum absolute atomic E-state index is 13.3. The van der Waals surface area contributed by atoms with Gasteiger partial charge in [-0.1, -0.05) is 29.3 Å². The van der Waals surface area contributed by atoms with Gasteiger partial charge in [0.15, 0.2) is 11.6 Å². The maximum Gasteiger partial charge on any atom is 0.417 e. The minimum Gasteiger partial charge on any atom is -0.301 e. The maximum atomic E-state index is 13.3. The first-order chi connectivity index (χ1) is 14.8. The number of hydrogen-bond acceptors (Lipinski definition) is 5. The second-order valence-electron chi connectivity index (χ2n) is 7.05. The van der Waals surface area contributed by atoms with E-state index in [1.807, 2.05) is 11.5 Å². The molecule has 4 aromatic rings. The summed E-state index contributed by atoms with van der Waals surface area (Å²) in [7, 11) is 0. The fourth-order valence-electron chi connectivity index (χ4n) is 3.65. The first-order valence-electron chi connectivity index (χ1n) is 9.12. The first kappa shape index (κ1) is 20.0. The fraction of sp³-hybridized carbons (Fsp3) is 0.211. The van der Waals surface area contributed by atoms with E-state index in [4.69, 9.17) is 23.2 Å². The van der Waals surface area contributed by atoms with Crippen LogP contribution in [0.3, 0.4) is 0 Å². The van der Waals surface area contributed by atoms with E-state index in [1.54, 1.807) is 16.7 Å². The van der Waals surface area contributed by atoms with Crippen molar-refractivity contribution in [3.05, 3.63) is 52.1 Å². The molecule has 7 nitrogen and oxygen atoms in total. The molecule has 0 N–H and O–H groups in total. The molecule has 4 heterocycles. The summed E-state index contributed by atoms with van der Waals surface area (Å²) in [5, 5.41) is 16.9. The van der Waals surface area contributed by atoms with Gasteiger partial charge < -0.3 is 4.57 Å². The Morgan fingerprint density at radius 1 is 0.935 bits per heavy atom. The molecule has 12 heteroatoms. The summed E-state index contributed by atoms with van der Waals surface area (Å²) in [6, 6.07) is 6.95. The molecule has 5 rings (SSSR count). The van der Waals surface area contributed by atoms with Gasteiger partial charge in [0.1, 0.15) is 5.69 Å². The summed E-state index contributed by atoms with van der Waals surface area (Å²) in [5.74, 6) is 1.59. The third-order valence-electron chi connectivity index (χ3n) is 5.04. The van der Waals surface area contributed by atoms with Crippen LogP contribution in [-0.2, 0) is 12.7 Å². The van der Waals surface area contributed by atoms with Gasteiger partial charge in [-0.15, -0.1) is 20.4 Å². The molecule has 1 atom stereocenters. The van der Waals surface area contributed by atoms with Crippen LogP contribution < -0.4 is 0 Å². The van der Waals surface area contributed by atoms with Gasteiger partial charge in [-0.2, -0.15) is 13.2 Å². The Balaban J connectivity index is 1.64. The highest BCUT2D eigenvalue weighted by atomic mass is 35.5. The van der Waals surface area contributed by atoms with Gasteiger partial charge >= 0.3 is 6.18 Å². The second kappa shape index (κ2) is 7.03. The Labute approximate surface area is 183 Å². The Bertz CT molecular complexity index is 1300. The summed E-state index contributed by atoms with van der Waals surface area (Å²) in [6.07, 6.45) is -3.06. The van der Waals surface area contributed by atoms with Crippen molar-refractivity contribution >= 4 is 23.2 Å². The van der Waals surface area contributed by atoms with Crippen LogP contribution in [0, 0.1) is 0 Å². The lowest BCUT2D eigenvalue weighted by Gasteiger charge is -2.25. The molecular weight excluding hydrogens is 454 g/mol. The topological polar surface area (TPSA) is 74.3 Å². The zero-order chi connectivity index (χ0) is 21.9. The minimum absolute atomic E-state index is 0.148. The number of nitrogens with zero attached hydrogens (tertiary/aromatic N) is 7. The van der Waals surface area contributed by atoms with Gasteiger partial charge in [-0.3, -0.25) is 9.55 Å². The Morgan fingerprint density at radius 3 is 2.35 bits per heavy atom. The third-order valence-corrected chi connectivity index (χ3v) is 5.67. The summed E-state index contributed by atoms with van der Waals surface area (Å²) in [4.78, 5) is 4.28. The van der Waals surface area contributed by atoms with Crippen LogP contribution in [0.1, 0.15) is 18.5 Å². The highest BCUT2D eigenvalue weighted by Crippen LogP contribution is 2.41. The van der Waals surface area contributed by atoms with E-state index in [-0.39, 0.29) is 17.4 Å². The van der Waals surface area contributed by atoms with Gasteiger partial charge in [-0.05, 0) is 31.2 Å². The number of hydrogen-bond donors (Lipinski definition) is 0. The van der Waals surface area contributed by atoms with E-state index in [2.05, 4.69) is 25.4 Å². The molecule has 1 aliphatic heterocycles. The molecule has 1 aliphatic rings. The van der Waals surface area contributed by atoms with E-state index >= 15 is 0 Å². The number of rotatable bonds is 2. The second-order valence-corrected chi connectivity index (χ2v) is 7.86. The van der Waals surface area contributed by atoms with Crippen LogP contribution in [0.4, 0.5) is 13.2 Å². The quantitative estimate of drug-likeness (QED) is 0.408. The van der Waals surface area contributed by atoms with Crippen LogP contribution >= 0.6 is 23.2 Å². The molecular formula is C19H12Cl2F3N7. The molecule has 0 spiro atoms. The predicted octanol–water partition coefficient (Wildman–Crippen LogP) is 5.17. The number of alkyl halides is 3. The van der Waals surface area contributed by atoms with Gasteiger partial charge in [0.25, 0.3) is 0 Å². The van der Waals surface area contributed by atoms with Crippen LogP contribution in [0.5, 0.6) is 0 Å². The van der Waals surface area contributed by atoms with E-state index in [0.717, 1.165) is 6.07 Å². The SMILES string of the molecule is CC1Cn2c(-c3ccc(Cl)cn3)nnc2-c2nnc(-c3cccc(C(F)(F)F)c3Cl)n21. The van der Waals surface area contributed by atoms with E-state index in [1.165, 1.54) is 18.3 Å². The Morgan fingerprint density at radius 2 is 1.65 bits per heavy atom. The van der Waals surface area contributed by atoms with E-state index in [0.29, 0.717) is 34.7 Å². The van der Waals surface area contributed by atoms with E-state index in [9.17, 15) is 13.2 Å². The van der Waals surface area contributed by atoms with Gasteiger partial charge in [-0.25, -0.2) is 0 Å². The van der Waals surface area contributed by atoms with Gasteiger partial charge in [0.05, 0.1) is 21.7 Å². The molecule has 0 fully saturated rings. The lowest BCUT2D eigenvalue weighted by Crippen LogP contribution is -2.22. The van der Waals surface area contributed by atoms with Crippen LogP contribution in [0.2, 0.25) is 10.0 Å². The molecule has 1 unspecified atom stereocenters. The van der Waals surface area contributed by atoms with Crippen molar-refractivity contribution in [2.75, 3.05) is 0 Å². The Kier molecular flexibility index (Phi) is 4.52. The summed E-state index contributed by atoms with van der Waals surface area (Å²) < 4.78 is 43.5. The standard InChI is InChI=1S/C19H12Cl2F3N7/c1-9-8-30-16(13-6-5-10(20)7-25-13)27-28-17(30)18-29-26-15(31(9)18)11-3-2-4-12(14(11)21)19(22,23)24/h2-7,9H,8H2,1H3. The summed E-state index contributed by atoms with van der Waals surface area (Å²) in [6.45, 7) is 2.34. The van der Waals surface area contributed by atoms with Gasteiger partial charge in [0.2, 0.25) is 11.6 Å². The molecule has 1 aromatic carbocycles. The monoisotopic (exact) mass is 465 g/mol. The molecule has 0 saturated carbocycles. The first-order valence-corrected chi connectivity index (χ1v) is 9.87. The molecule has 0 bridgehead atoms. The zero-order valence-electron chi connectivity index (χ0n) is 15.8. The average Bonchev–Trinajstić information content (AvgIpc) is 3.33. The predicted molar refractivity (Wildman–Crippen MR) is 107 cm³/mol. The zero-order valence-corrected chi connectivity index (χ0v) is 17.3. The highest BCUT2D eigenvalue weighted by molar-refractivity contribution is 6.34. The fourth-order valence-corrected chi connectivity index (χ4v) is 4.08.